The van der Waals surface area contributed by atoms with Gasteiger partial charge in [-0.3, -0.25) is 0 Å². The highest BCUT2D eigenvalue weighted by atomic mass is 32.2. The number of methoxy groups -OCH3 is 1. The normalized spacial score (nSPS) is 13.5. The van der Waals surface area contributed by atoms with E-state index in [4.69, 9.17) is 10.5 Å². The predicted molar refractivity (Wildman–Crippen MR) is 76.6 cm³/mol. The lowest BCUT2D eigenvalue weighted by Gasteiger charge is -2.17. The first-order chi connectivity index (χ1) is 8.77. The van der Waals surface area contributed by atoms with Crippen molar-refractivity contribution in [3.05, 3.63) is 23.3 Å². The van der Waals surface area contributed by atoms with Gasteiger partial charge >= 0.3 is 0 Å². The third kappa shape index (κ3) is 4.19. The second-order valence-electron chi connectivity index (χ2n) is 4.79. The smallest absolute Gasteiger partial charge is 0.241 e. The maximum atomic E-state index is 12.4. The van der Waals surface area contributed by atoms with Crippen molar-refractivity contribution in [2.75, 3.05) is 19.5 Å². The average Bonchev–Trinajstić information content (AvgIpc) is 2.23. The molecule has 1 aromatic carbocycles. The minimum atomic E-state index is -3.53. The van der Waals surface area contributed by atoms with E-state index in [1.54, 1.807) is 33.1 Å². The van der Waals surface area contributed by atoms with Crippen molar-refractivity contribution in [1.82, 2.24) is 4.72 Å². The molecule has 19 heavy (non-hydrogen) atoms. The monoisotopic (exact) mass is 286 g/mol. The van der Waals surface area contributed by atoms with Gasteiger partial charge in [0.1, 0.15) is 0 Å². The standard InChI is InChI=1S/C13H22N2O3S/c1-9-7-12(14)8-10(2)13(9)19(16,17)15-11(3)5-6-18-4/h7-8,11,15H,5-6,14H2,1-4H3. The van der Waals surface area contributed by atoms with E-state index in [9.17, 15) is 8.42 Å². The summed E-state index contributed by atoms with van der Waals surface area (Å²) in [6.45, 7) is 5.83. The Labute approximate surface area is 115 Å². The third-order valence-electron chi connectivity index (χ3n) is 2.86. The molecule has 0 bridgehead atoms. The molecule has 6 heteroatoms. The van der Waals surface area contributed by atoms with E-state index < -0.39 is 10.0 Å². The molecular formula is C13H22N2O3S. The van der Waals surface area contributed by atoms with Gasteiger partial charge in [0.2, 0.25) is 10.0 Å². The quantitative estimate of drug-likeness (QED) is 0.778. The van der Waals surface area contributed by atoms with E-state index in [1.165, 1.54) is 0 Å². The minimum absolute atomic E-state index is 0.179. The number of hydrogen-bond donors (Lipinski definition) is 2. The van der Waals surface area contributed by atoms with Gasteiger partial charge in [-0.15, -0.1) is 0 Å². The van der Waals surface area contributed by atoms with Gasteiger partial charge in [-0.05, 0) is 50.5 Å². The van der Waals surface area contributed by atoms with Gasteiger partial charge in [-0.25, -0.2) is 13.1 Å². The summed E-state index contributed by atoms with van der Waals surface area (Å²) < 4.78 is 32.3. The lowest BCUT2D eigenvalue weighted by atomic mass is 10.1. The van der Waals surface area contributed by atoms with Crippen molar-refractivity contribution in [3.8, 4) is 0 Å². The predicted octanol–water partition coefficient (Wildman–Crippen LogP) is 1.59. The molecule has 108 valence electrons. The number of anilines is 1. The number of aryl methyl sites for hydroxylation is 2. The number of hydrogen-bond acceptors (Lipinski definition) is 4. The Morgan fingerprint density at radius 1 is 1.32 bits per heavy atom. The molecular weight excluding hydrogens is 264 g/mol. The van der Waals surface area contributed by atoms with E-state index in [2.05, 4.69) is 4.72 Å². The maximum absolute atomic E-state index is 12.4. The molecule has 0 saturated carbocycles. The number of benzene rings is 1. The Morgan fingerprint density at radius 3 is 2.32 bits per heavy atom. The van der Waals surface area contributed by atoms with Crippen molar-refractivity contribution in [3.63, 3.8) is 0 Å². The number of sulfonamides is 1. The van der Waals surface area contributed by atoms with Crippen LogP contribution in [0.5, 0.6) is 0 Å². The molecule has 0 aliphatic heterocycles. The van der Waals surface area contributed by atoms with Crippen LogP contribution in [0, 0.1) is 13.8 Å². The van der Waals surface area contributed by atoms with Crippen LogP contribution in [0.4, 0.5) is 5.69 Å². The van der Waals surface area contributed by atoms with Gasteiger partial charge in [0, 0.05) is 25.4 Å². The highest BCUT2D eigenvalue weighted by molar-refractivity contribution is 7.89. The fraction of sp³-hybridized carbons (Fsp3) is 0.538. The van der Waals surface area contributed by atoms with Crippen LogP contribution in [0.2, 0.25) is 0 Å². The summed E-state index contributed by atoms with van der Waals surface area (Å²) in [6.07, 6.45) is 0.628. The minimum Gasteiger partial charge on any atom is -0.399 e. The summed E-state index contributed by atoms with van der Waals surface area (Å²) >= 11 is 0. The molecule has 0 amide bonds. The summed E-state index contributed by atoms with van der Waals surface area (Å²) in [4.78, 5) is 0.311. The molecule has 0 saturated heterocycles. The second kappa shape index (κ2) is 6.36. The van der Waals surface area contributed by atoms with E-state index in [-0.39, 0.29) is 6.04 Å². The van der Waals surface area contributed by atoms with Crippen molar-refractivity contribution < 1.29 is 13.2 Å². The lowest BCUT2D eigenvalue weighted by Crippen LogP contribution is -2.34. The number of ether oxygens (including phenoxy) is 1. The zero-order chi connectivity index (χ0) is 14.6. The van der Waals surface area contributed by atoms with Crippen LogP contribution in [0.3, 0.4) is 0 Å². The molecule has 0 heterocycles. The third-order valence-corrected chi connectivity index (χ3v) is 4.76. The summed E-state index contributed by atoms with van der Waals surface area (Å²) in [5.74, 6) is 0. The van der Waals surface area contributed by atoms with E-state index in [0.717, 1.165) is 0 Å². The number of nitrogens with two attached hydrogens (primary N) is 1. The van der Waals surface area contributed by atoms with Crippen LogP contribution in [0.1, 0.15) is 24.5 Å². The fourth-order valence-electron chi connectivity index (χ4n) is 2.08. The molecule has 0 fully saturated rings. The molecule has 3 N–H and O–H groups in total. The highest BCUT2D eigenvalue weighted by Gasteiger charge is 2.21. The van der Waals surface area contributed by atoms with Crippen LogP contribution >= 0.6 is 0 Å². The number of rotatable bonds is 6. The first kappa shape index (κ1) is 15.9. The van der Waals surface area contributed by atoms with Gasteiger partial charge in [0.25, 0.3) is 0 Å². The summed E-state index contributed by atoms with van der Waals surface area (Å²) in [7, 11) is -1.94. The first-order valence-corrected chi connectivity index (χ1v) is 7.64. The number of nitrogen functional groups attached to an aromatic ring is 1. The van der Waals surface area contributed by atoms with Gasteiger partial charge in [-0.2, -0.15) is 0 Å². The van der Waals surface area contributed by atoms with Gasteiger partial charge in [-0.1, -0.05) is 0 Å². The average molecular weight is 286 g/mol. The molecule has 1 unspecified atom stereocenters. The zero-order valence-corrected chi connectivity index (χ0v) is 12.7. The molecule has 0 spiro atoms. The Morgan fingerprint density at radius 2 is 1.84 bits per heavy atom. The summed E-state index contributed by atoms with van der Waals surface area (Å²) in [5.41, 5.74) is 7.59. The van der Waals surface area contributed by atoms with Crippen LogP contribution in [0.15, 0.2) is 17.0 Å². The summed E-state index contributed by atoms with van der Waals surface area (Å²) in [5, 5.41) is 0. The van der Waals surface area contributed by atoms with Crippen LogP contribution in [-0.4, -0.2) is 28.2 Å². The molecule has 0 aliphatic carbocycles. The first-order valence-electron chi connectivity index (χ1n) is 6.16. The van der Waals surface area contributed by atoms with Crippen LogP contribution in [-0.2, 0) is 14.8 Å². The topological polar surface area (TPSA) is 81.4 Å². The van der Waals surface area contributed by atoms with Gasteiger partial charge in [0.15, 0.2) is 0 Å². The molecule has 1 atom stereocenters. The highest BCUT2D eigenvalue weighted by Crippen LogP contribution is 2.23. The molecule has 1 aromatic rings. The van der Waals surface area contributed by atoms with Crippen LogP contribution < -0.4 is 10.5 Å². The summed E-state index contributed by atoms with van der Waals surface area (Å²) in [6, 6.07) is 3.16. The molecule has 5 nitrogen and oxygen atoms in total. The molecule has 0 aromatic heterocycles. The van der Waals surface area contributed by atoms with E-state index in [0.29, 0.717) is 34.7 Å². The second-order valence-corrected chi connectivity index (χ2v) is 6.44. The van der Waals surface area contributed by atoms with E-state index in [1.807, 2.05) is 6.92 Å². The van der Waals surface area contributed by atoms with E-state index >= 15 is 0 Å². The Hall–Kier alpha value is -1.11. The fourth-order valence-corrected chi connectivity index (χ4v) is 3.82. The Bertz CT molecular complexity index is 518. The number of nitrogens with one attached hydrogen (secondary N) is 1. The van der Waals surface area contributed by atoms with Gasteiger partial charge in [0.05, 0.1) is 4.90 Å². The maximum Gasteiger partial charge on any atom is 0.241 e. The van der Waals surface area contributed by atoms with Crippen LogP contribution in [0.25, 0.3) is 0 Å². The largest absolute Gasteiger partial charge is 0.399 e. The van der Waals surface area contributed by atoms with Crippen molar-refractivity contribution in [1.29, 1.82) is 0 Å². The zero-order valence-electron chi connectivity index (χ0n) is 11.9. The van der Waals surface area contributed by atoms with Crippen molar-refractivity contribution in [2.45, 2.75) is 38.1 Å². The van der Waals surface area contributed by atoms with Crippen molar-refractivity contribution in [2.24, 2.45) is 0 Å². The van der Waals surface area contributed by atoms with Crippen molar-refractivity contribution >= 4 is 15.7 Å². The Kier molecular flexibility index (Phi) is 5.34. The lowest BCUT2D eigenvalue weighted by molar-refractivity contribution is 0.188. The molecule has 0 aliphatic rings. The Balaban J connectivity index is 3.01. The molecule has 1 rings (SSSR count). The SMILES string of the molecule is COCCC(C)NS(=O)(=O)c1c(C)cc(N)cc1C. The van der Waals surface area contributed by atoms with Gasteiger partial charge < -0.3 is 10.5 Å². The molecule has 0 radical (unpaired) electrons.